The summed E-state index contributed by atoms with van der Waals surface area (Å²) in [7, 11) is 2.17. The van der Waals surface area contributed by atoms with Crippen molar-refractivity contribution in [3.05, 3.63) is 11.8 Å². The Bertz CT molecular complexity index is 406. The molecular weight excluding hydrogens is 240 g/mol. The van der Waals surface area contributed by atoms with E-state index in [1.165, 1.54) is 12.8 Å². The van der Waals surface area contributed by atoms with Crippen LogP contribution in [0, 0.1) is 6.92 Å². The van der Waals surface area contributed by atoms with Gasteiger partial charge in [-0.3, -0.25) is 0 Å². The predicted molar refractivity (Wildman–Crippen MR) is 76.7 cm³/mol. The Hall–Kier alpha value is -1.36. The quantitative estimate of drug-likeness (QED) is 0.779. The van der Waals surface area contributed by atoms with Crippen LogP contribution in [0.25, 0.3) is 0 Å². The number of rotatable bonds is 8. The molecule has 0 aliphatic heterocycles. The summed E-state index contributed by atoms with van der Waals surface area (Å²) in [6.07, 6.45) is 3.66. The predicted octanol–water partition coefficient (Wildman–Crippen LogP) is 2.08. The molecule has 1 aliphatic carbocycles. The third-order valence-electron chi connectivity index (χ3n) is 3.20. The molecule has 5 nitrogen and oxygen atoms in total. The molecule has 0 radical (unpaired) electrons. The van der Waals surface area contributed by atoms with E-state index in [4.69, 9.17) is 4.74 Å². The second-order valence-electron chi connectivity index (χ2n) is 5.16. The number of nitrogens with zero attached hydrogens (tertiary/aromatic N) is 3. The molecular formula is C14H24N4O. The number of nitrogens with one attached hydrogen (secondary N) is 1. The molecule has 0 unspecified atom stereocenters. The van der Waals surface area contributed by atoms with Gasteiger partial charge in [0, 0.05) is 30.9 Å². The van der Waals surface area contributed by atoms with Gasteiger partial charge in [-0.05, 0) is 33.2 Å². The fourth-order valence-corrected chi connectivity index (χ4v) is 1.94. The van der Waals surface area contributed by atoms with Gasteiger partial charge < -0.3 is 15.0 Å². The van der Waals surface area contributed by atoms with E-state index in [2.05, 4.69) is 34.2 Å². The van der Waals surface area contributed by atoms with Crippen molar-refractivity contribution in [3.63, 3.8) is 0 Å². The number of aryl methyl sites for hydroxylation is 1. The zero-order valence-corrected chi connectivity index (χ0v) is 12.1. The molecule has 2 rings (SSSR count). The van der Waals surface area contributed by atoms with Gasteiger partial charge in [0.05, 0.1) is 6.61 Å². The molecule has 5 heteroatoms. The molecule has 1 aromatic rings. The van der Waals surface area contributed by atoms with Gasteiger partial charge in [-0.1, -0.05) is 6.92 Å². The highest BCUT2D eigenvalue weighted by atomic mass is 16.5. The number of aromatic nitrogens is 2. The van der Waals surface area contributed by atoms with E-state index in [0.29, 0.717) is 18.4 Å². The lowest BCUT2D eigenvalue weighted by Gasteiger charge is -2.16. The van der Waals surface area contributed by atoms with E-state index in [1.54, 1.807) is 0 Å². The lowest BCUT2D eigenvalue weighted by atomic mass is 10.4. The van der Waals surface area contributed by atoms with Crippen LogP contribution in [0.15, 0.2) is 6.07 Å². The average Bonchev–Trinajstić information content (AvgIpc) is 3.20. The molecule has 1 heterocycles. The van der Waals surface area contributed by atoms with Crippen molar-refractivity contribution in [2.24, 2.45) is 0 Å². The third-order valence-corrected chi connectivity index (χ3v) is 3.20. The largest absolute Gasteiger partial charge is 0.478 e. The van der Waals surface area contributed by atoms with Crippen LogP contribution < -0.4 is 10.1 Å². The summed E-state index contributed by atoms with van der Waals surface area (Å²) in [6, 6.07) is 2.67. The van der Waals surface area contributed by atoms with Crippen LogP contribution in [0.2, 0.25) is 0 Å². The van der Waals surface area contributed by atoms with Gasteiger partial charge in [0.2, 0.25) is 11.8 Å². The Kier molecular flexibility index (Phi) is 4.96. The monoisotopic (exact) mass is 264 g/mol. The summed E-state index contributed by atoms with van der Waals surface area (Å²) in [6.45, 7) is 6.63. The molecule has 0 atom stereocenters. The van der Waals surface area contributed by atoms with Gasteiger partial charge in [0.1, 0.15) is 0 Å². The topological polar surface area (TPSA) is 50.3 Å². The first-order valence-corrected chi connectivity index (χ1v) is 7.11. The van der Waals surface area contributed by atoms with Gasteiger partial charge in [-0.25, -0.2) is 4.98 Å². The lowest BCUT2D eigenvalue weighted by molar-refractivity contribution is 0.304. The van der Waals surface area contributed by atoms with Crippen molar-refractivity contribution in [3.8, 4) is 5.88 Å². The first kappa shape index (κ1) is 14.1. The summed E-state index contributed by atoms with van der Waals surface area (Å²) in [5.74, 6) is 1.32. The summed E-state index contributed by atoms with van der Waals surface area (Å²) < 4.78 is 5.55. The first-order valence-electron chi connectivity index (χ1n) is 7.11. The third kappa shape index (κ3) is 4.67. The van der Waals surface area contributed by atoms with Crippen LogP contribution >= 0.6 is 0 Å². The molecule has 0 spiro atoms. The minimum Gasteiger partial charge on any atom is -0.478 e. The van der Waals surface area contributed by atoms with Crippen molar-refractivity contribution in [1.29, 1.82) is 0 Å². The van der Waals surface area contributed by atoms with Crippen LogP contribution in [0.5, 0.6) is 5.88 Å². The Morgan fingerprint density at radius 3 is 2.89 bits per heavy atom. The number of hydrogen-bond acceptors (Lipinski definition) is 5. The molecule has 1 fully saturated rings. The zero-order chi connectivity index (χ0) is 13.7. The van der Waals surface area contributed by atoms with Crippen molar-refractivity contribution in [2.75, 3.05) is 32.1 Å². The maximum Gasteiger partial charge on any atom is 0.226 e. The molecule has 1 aromatic heterocycles. The molecule has 1 saturated carbocycles. The Morgan fingerprint density at radius 2 is 2.21 bits per heavy atom. The smallest absolute Gasteiger partial charge is 0.226 e. The summed E-state index contributed by atoms with van der Waals surface area (Å²) in [5, 5.41) is 3.27. The summed E-state index contributed by atoms with van der Waals surface area (Å²) in [5.41, 5.74) is 0.930. The summed E-state index contributed by atoms with van der Waals surface area (Å²) in [4.78, 5) is 11.1. The van der Waals surface area contributed by atoms with Crippen LogP contribution in [0.4, 0.5) is 5.95 Å². The number of hydrogen-bond donors (Lipinski definition) is 1. The van der Waals surface area contributed by atoms with Gasteiger partial charge in [-0.2, -0.15) is 4.98 Å². The van der Waals surface area contributed by atoms with E-state index in [1.807, 2.05) is 13.0 Å². The van der Waals surface area contributed by atoms with Gasteiger partial charge in [0.15, 0.2) is 0 Å². The van der Waals surface area contributed by atoms with E-state index < -0.39 is 0 Å². The van der Waals surface area contributed by atoms with E-state index in [9.17, 15) is 0 Å². The van der Waals surface area contributed by atoms with Gasteiger partial charge in [-0.15, -0.1) is 0 Å². The van der Waals surface area contributed by atoms with Crippen LogP contribution in [-0.4, -0.2) is 47.7 Å². The maximum atomic E-state index is 5.55. The molecule has 19 heavy (non-hydrogen) atoms. The fourth-order valence-electron chi connectivity index (χ4n) is 1.94. The lowest BCUT2D eigenvalue weighted by Crippen LogP contribution is -2.27. The molecule has 0 amide bonds. The second kappa shape index (κ2) is 6.70. The minimum atomic E-state index is 0.660. The van der Waals surface area contributed by atoms with Crippen LogP contribution in [0.1, 0.15) is 31.9 Å². The molecule has 0 aromatic carbocycles. The Labute approximate surface area is 115 Å². The molecule has 1 N–H and O–H groups in total. The summed E-state index contributed by atoms with van der Waals surface area (Å²) >= 11 is 0. The molecule has 0 saturated heterocycles. The zero-order valence-electron chi connectivity index (χ0n) is 12.1. The second-order valence-corrected chi connectivity index (χ2v) is 5.16. The highest BCUT2D eigenvalue weighted by molar-refractivity contribution is 5.30. The Balaban J connectivity index is 1.82. The fraction of sp³-hybridized carbons (Fsp3) is 0.714. The van der Waals surface area contributed by atoms with Crippen molar-refractivity contribution in [1.82, 2.24) is 14.9 Å². The molecule has 1 aliphatic rings. The first-order chi connectivity index (χ1) is 9.19. The van der Waals surface area contributed by atoms with Crippen LogP contribution in [0.3, 0.4) is 0 Å². The maximum absolute atomic E-state index is 5.55. The van der Waals surface area contributed by atoms with E-state index in [0.717, 1.165) is 31.2 Å². The molecule has 0 bridgehead atoms. The van der Waals surface area contributed by atoms with Crippen LogP contribution in [-0.2, 0) is 0 Å². The SMILES string of the molecule is CCCOc1cc(C)nc(NCCN(C)C2CC2)n1. The molecule has 106 valence electrons. The minimum absolute atomic E-state index is 0.660. The van der Waals surface area contributed by atoms with E-state index in [-0.39, 0.29) is 0 Å². The normalized spacial score (nSPS) is 14.7. The van der Waals surface area contributed by atoms with Crippen molar-refractivity contribution >= 4 is 5.95 Å². The highest BCUT2D eigenvalue weighted by Crippen LogP contribution is 2.24. The van der Waals surface area contributed by atoms with Gasteiger partial charge in [0.25, 0.3) is 0 Å². The van der Waals surface area contributed by atoms with Crippen molar-refractivity contribution in [2.45, 2.75) is 39.2 Å². The van der Waals surface area contributed by atoms with Gasteiger partial charge >= 0.3 is 0 Å². The average molecular weight is 264 g/mol. The number of anilines is 1. The van der Waals surface area contributed by atoms with Crippen molar-refractivity contribution < 1.29 is 4.74 Å². The highest BCUT2D eigenvalue weighted by Gasteiger charge is 2.25. The Morgan fingerprint density at radius 1 is 1.42 bits per heavy atom. The number of likely N-dealkylation sites (N-methyl/N-ethyl adjacent to an activating group) is 1. The number of ether oxygens (including phenoxy) is 1. The van der Waals surface area contributed by atoms with E-state index >= 15 is 0 Å². The standard InChI is InChI=1S/C14H24N4O/c1-4-9-19-13-10-11(2)16-14(17-13)15-7-8-18(3)12-5-6-12/h10,12H,4-9H2,1-3H3,(H,15,16,17).